The molecule has 12 unspecified atom stereocenters. The first-order valence-corrected chi connectivity index (χ1v) is 38.4. The quantitative estimate of drug-likeness (QED) is 0.0204. The summed E-state index contributed by atoms with van der Waals surface area (Å²) in [6.45, 7) is 2.65. The fraction of sp³-hybridized carbons (Fsp3) is 0.655. The summed E-state index contributed by atoms with van der Waals surface area (Å²) in [5, 5.41) is 87.5. The van der Waals surface area contributed by atoms with Crippen LogP contribution in [-0.2, 0) is 23.7 Å². The van der Waals surface area contributed by atoms with Crippen LogP contribution >= 0.6 is 0 Å². The molecule has 14 nitrogen and oxygen atoms in total. The number of allylic oxidation sites excluding steroid dienone is 27. The highest BCUT2D eigenvalue weighted by molar-refractivity contribution is 5.76. The van der Waals surface area contributed by atoms with Gasteiger partial charge < -0.3 is 65.1 Å². The molecule has 2 aliphatic heterocycles. The number of rotatable bonds is 61. The van der Waals surface area contributed by atoms with Crippen LogP contribution in [0.5, 0.6) is 0 Å². The Kier molecular flexibility index (Phi) is 59.9. The number of hydrogen-bond acceptors (Lipinski definition) is 13. The van der Waals surface area contributed by atoms with Gasteiger partial charge in [0.25, 0.3) is 0 Å². The van der Waals surface area contributed by atoms with E-state index in [0.29, 0.717) is 12.8 Å². The van der Waals surface area contributed by atoms with Crippen molar-refractivity contribution in [1.29, 1.82) is 0 Å². The lowest BCUT2D eigenvalue weighted by Crippen LogP contribution is -2.65. The van der Waals surface area contributed by atoms with Crippen molar-refractivity contribution < 1.29 is 64.6 Å². The number of aliphatic hydroxyl groups is 8. The number of carbonyl (C=O) groups excluding carboxylic acids is 1. The molecule has 2 aliphatic rings. The maximum Gasteiger partial charge on any atom is 0.220 e. The smallest absolute Gasteiger partial charge is 0.220 e. The molecule has 1 amide bonds. The zero-order chi connectivity index (χ0) is 70.8. The molecule has 0 aromatic heterocycles. The van der Waals surface area contributed by atoms with Crippen LogP contribution in [0, 0.1) is 0 Å². The summed E-state index contributed by atoms with van der Waals surface area (Å²) in [6, 6.07) is -0.958. The van der Waals surface area contributed by atoms with Crippen molar-refractivity contribution in [3.8, 4) is 0 Å². The topological polar surface area (TPSA) is 228 Å². The molecule has 98 heavy (non-hydrogen) atoms. The Morgan fingerprint density at radius 3 is 1.12 bits per heavy atom. The van der Waals surface area contributed by atoms with Gasteiger partial charge in [0.05, 0.1) is 32.0 Å². The molecule has 2 rings (SSSR count). The van der Waals surface area contributed by atoms with Crippen LogP contribution in [-0.4, -0.2) is 140 Å². The van der Waals surface area contributed by atoms with Crippen LogP contribution in [0.2, 0.25) is 0 Å². The van der Waals surface area contributed by atoms with Gasteiger partial charge in [0.2, 0.25) is 5.91 Å². The third kappa shape index (κ3) is 48.2. The van der Waals surface area contributed by atoms with E-state index in [1.54, 1.807) is 6.08 Å². The van der Waals surface area contributed by atoms with Gasteiger partial charge in [0, 0.05) is 6.42 Å². The summed E-state index contributed by atoms with van der Waals surface area (Å²) in [6.07, 6.45) is 85.5. The van der Waals surface area contributed by atoms with Crippen molar-refractivity contribution in [2.45, 2.75) is 331 Å². The van der Waals surface area contributed by atoms with E-state index in [4.69, 9.17) is 18.9 Å². The van der Waals surface area contributed by atoms with Gasteiger partial charge in [-0.3, -0.25) is 4.79 Å². The maximum absolute atomic E-state index is 13.4. The average molecular weight is 1370 g/mol. The maximum atomic E-state index is 13.4. The third-order valence-electron chi connectivity index (χ3n) is 17.4. The Labute approximate surface area is 594 Å². The number of unbranched alkanes of at least 4 members (excludes halogenated alkanes) is 22. The highest BCUT2D eigenvalue weighted by Gasteiger charge is 2.51. The molecule has 0 spiro atoms. The van der Waals surface area contributed by atoms with Gasteiger partial charge >= 0.3 is 0 Å². The largest absolute Gasteiger partial charge is 0.394 e. The Balaban J connectivity index is 1.66. The molecule has 12 atom stereocenters. The summed E-state index contributed by atoms with van der Waals surface area (Å²) < 4.78 is 22.8. The standard InChI is InChI=1S/C84H137NO13/c1-3-5-7-9-11-13-15-17-19-21-23-25-27-28-29-30-31-32-33-34-35-36-37-38-39-40-41-42-43-44-46-48-50-52-54-56-58-60-62-64-66-68-76(89)85-72(71-95-83-81(94)79(92)82(75(70-87)97-83)98-84-80(93)78(91)77(90)74(69-86)96-84)73(88)67-65-63-61-59-57-55-53-51-49-47-45-26-24-22-20-18-16-14-12-10-8-6-4-2/h5,7,11,13,17,19,23,25,28-29,31-32,34-35,37-38,40-41,43-44,48-51,57,59,65,67,72-75,77-84,86-88,90-94H,3-4,6,8-10,12,14-16,18,20-22,24,26-27,30,33,36,39,42,45-47,52-56,58,60-64,66,68-71H2,1-2H3,(H,85,89)/b7-5-,13-11-,19-17-,25-23-,29-28-,32-31-,35-34-,38-37-,41-40-,44-43-,50-48-,51-49+,59-57+,67-65+. The molecule has 9 N–H and O–H groups in total. The van der Waals surface area contributed by atoms with Crippen LogP contribution in [0.25, 0.3) is 0 Å². The summed E-state index contributed by atoms with van der Waals surface area (Å²) >= 11 is 0. The molecule has 0 aromatic carbocycles. The molecule has 0 saturated carbocycles. The third-order valence-corrected chi connectivity index (χ3v) is 17.4. The van der Waals surface area contributed by atoms with E-state index in [1.165, 1.54) is 83.5 Å². The van der Waals surface area contributed by atoms with Gasteiger partial charge in [0.15, 0.2) is 12.6 Å². The molecule has 0 aliphatic carbocycles. The van der Waals surface area contributed by atoms with E-state index in [1.807, 2.05) is 6.08 Å². The molecule has 0 aromatic rings. The zero-order valence-electron chi connectivity index (χ0n) is 60.7. The first-order valence-electron chi connectivity index (χ1n) is 38.4. The monoisotopic (exact) mass is 1370 g/mol. The average Bonchev–Trinajstić information content (AvgIpc) is 0.793. The summed E-state index contributed by atoms with van der Waals surface area (Å²) in [5.41, 5.74) is 0. The van der Waals surface area contributed by atoms with Crippen molar-refractivity contribution in [2.75, 3.05) is 19.8 Å². The summed E-state index contributed by atoms with van der Waals surface area (Å²) in [7, 11) is 0. The SMILES string of the molecule is CC/C=C\C/C=C\C/C=C\C/C=C\C/C=C\C/C=C\C/C=C\C/C=C\C/C=C\C/C=C\C/C=C\CCCCCCCCCC(=O)NC(COC1OC(CO)C(OC2OC(CO)C(O)C(O)C2O)C(O)C1O)C(O)/C=C/CC/C=C/CC/C=C/CCCCCCCCCCCCCCC. The molecule has 556 valence electrons. The molecule has 14 heteroatoms. The Morgan fingerprint density at radius 1 is 0.378 bits per heavy atom. The van der Waals surface area contributed by atoms with E-state index in [2.05, 4.69) is 177 Å². The van der Waals surface area contributed by atoms with Gasteiger partial charge in [-0.15, -0.1) is 0 Å². The van der Waals surface area contributed by atoms with E-state index < -0.39 is 86.8 Å². The van der Waals surface area contributed by atoms with Gasteiger partial charge in [-0.1, -0.05) is 293 Å². The highest BCUT2D eigenvalue weighted by atomic mass is 16.7. The minimum Gasteiger partial charge on any atom is -0.394 e. The van der Waals surface area contributed by atoms with E-state index in [-0.39, 0.29) is 18.9 Å². The lowest BCUT2D eigenvalue weighted by Gasteiger charge is -2.46. The number of amides is 1. The number of nitrogens with one attached hydrogen (secondary N) is 1. The van der Waals surface area contributed by atoms with Crippen molar-refractivity contribution in [3.05, 3.63) is 170 Å². The predicted octanol–water partition coefficient (Wildman–Crippen LogP) is 17.1. The van der Waals surface area contributed by atoms with Gasteiger partial charge in [-0.05, 0) is 128 Å². The van der Waals surface area contributed by atoms with Crippen molar-refractivity contribution >= 4 is 5.91 Å². The molecular formula is C84H137NO13. The number of hydrogen-bond donors (Lipinski definition) is 9. The Hall–Kier alpha value is -4.65. The second kappa shape index (κ2) is 65.6. The summed E-state index contributed by atoms with van der Waals surface area (Å²) in [5.74, 6) is -0.270. The minimum atomic E-state index is -1.80. The van der Waals surface area contributed by atoms with Crippen molar-refractivity contribution in [2.24, 2.45) is 0 Å². The first-order chi connectivity index (χ1) is 48.1. The number of aliphatic hydroxyl groups excluding tert-OH is 8. The Bertz CT molecular complexity index is 2310. The van der Waals surface area contributed by atoms with Crippen molar-refractivity contribution in [3.63, 3.8) is 0 Å². The van der Waals surface area contributed by atoms with Crippen LogP contribution < -0.4 is 5.32 Å². The molecule has 0 radical (unpaired) electrons. The molecule has 2 saturated heterocycles. The van der Waals surface area contributed by atoms with Crippen molar-refractivity contribution in [1.82, 2.24) is 5.32 Å². The van der Waals surface area contributed by atoms with E-state index in [0.717, 1.165) is 141 Å². The fourth-order valence-corrected chi connectivity index (χ4v) is 11.3. The van der Waals surface area contributed by atoms with E-state index >= 15 is 0 Å². The molecule has 0 bridgehead atoms. The lowest BCUT2D eigenvalue weighted by molar-refractivity contribution is -0.359. The minimum absolute atomic E-state index is 0.246. The van der Waals surface area contributed by atoms with Gasteiger partial charge in [0.1, 0.15) is 48.8 Å². The van der Waals surface area contributed by atoms with Crippen LogP contribution in [0.4, 0.5) is 0 Å². The number of ether oxygens (including phenoxy) is 4. The van der Waals surface area contributed by atoms with Gasteiger partial charge in [-0.25, -0.2) is 0 Å². The Morgan fingerprint density at radius 2 is 0.714 bits per heavy atom. The highest BCUT2D eigenvalue weighted by Crippen LogP contribution is 2.30. The zero-order valence-corrected chi connectivity index (χ0v) is 60.7. The van der Waals surface area contributed by atoms with Crippen LogP contribution in [0.15, 0.2) is 170 Å². The first kappa shape index (κ1) is 89.4. The van der Waals surface area contributed by atoms with Crippen LogP contribution in [0.3, 0.4) is 0 Å². The van der Waals surface area contributed by atoms with Gasteiger partial charge in [-0.2, -0.15) is 0 Å². The fourth-order valence-electron chi connectivity index (χ4n) is 11.3. The second-order valence-corrected chi connectivity index (χ2v) is 26.0. The molecule has 2 heterocycles. The normalized spacial score (nSPS) is 23.0. The molecular weight excluding hydrogens is 1230 g/mol. The second-order valence-electron chi connectivity index (χ2n) is 26.0. The lowest BCUT2D eigenvalue weighted by atomic mass is 9.97. The van der Waals surface area contributed by atoms with E-state index in [9.17, 15) is 45.6 Å². The number of carbonyl (C=O) groups is 1. The predicted molar refractivity (Wildman–Crippen MR) is 405 cm³/mol. The summed E-state index contributed by atoms with van der Waals surface area (Å²) in [4.78, 5) is 13.4. The van der Waals surface area contributed by atoms with Crippen LogP contribution in [0.1, 0.15) is 258 Å². The molecule has 2 fully saturated rings.